The number of ether oxygens (including phenoxy) is 1. The lowest BCUT2D eigenvalue weighted by Gasteiger charge is -2.32. The Bertz CT molecular complexity index is 805. The van der Waals surface area contributed by atoms with Crippen LogP contribution < -0.4 is 10.1 Å². The number of amides is 1. The predicted molar refractivity (Wildman–Crippen MR) is 125 cm³/mol. The van der Waals surface area contributed by atoms with E-state index in [-0.39, 0.29) is 17.7 Å². The number of carbonyl (C=O) groups is 1. The summed E-state index contributed by atoms with van der Waals surface area (Å²) in [7, 11) is 0. The van der Waals surface area contributed by atoms with Crippen molar-refractivity contribution < 1.29 is 14.6 Å². The van der Waals surface area contributed by atoms with Crippen molar-refractivity contribution in [3.8, 4) is 11.5 Å². The van der Waals surface area contributed by atoms with E-state index in [4.69, 9.17) is 4.74 Å². The maximum atomic E-state index is 13.0. The molecule has 0 saturated carbocycles. The first-order valence-electron chi connectivity index (χ1n) is 11.4. The Morgan fingerprint density at radius 2 is 2.03 bits per heavy atom. The number of fused-ring (bicyclic) bond motifs is 1. The second-order valence-corrected chi connectivity index (χ2v) is 8.98. The second-order valence-electron chi connectivity index (χ2n) is 8.98. The Kier molecular flexibility index (Phi) is 8.57. The molecule has 0 radical (unpaired) electrons. The molecule has 1 amide bonds. The zero-order valence-electron chi connectivity index (χ0n) is 19.6. The van der Waals surface area contributed by atoms with Crippen LogP contribution in [0.3, 0.4) is 0 Å². The van der Waals surface area contributed by atoms with E-state index in [0.717, 1.165) is 50.5 Å². The van der Waals surface area contributed by atoms with Crippen molar-refractivity contribution >= 4 is 12.0 Å². The van der Waals surface area contributed by atoms with Gasteiger partial charge in [-0.15, -0.1) is 0 Å². The molecule has 1 heterocycles. The molecule has 2 rings (SSSR count). The van der Waals surface area contributed by atoms with Crippen molar-refractivity contribution in [2.24, 2.45) is 0 Å². The Morgan fingerprint density at radius 1 is 1.30 bits per heavy atom. The molecule has 4 heteroatoms. The van der Waals surface area contributed by atoms with Crippen molar-refractivity contribution in [2.45, 2.75) is 98.1 Å². The van der Waals surface area contributed by atoms with Gasteiger partial charge in [-0.3, -0.25) is 4.79 Å². The summed E-state index contributed by atoms with van der Waals surface area (Å²) in [6.45, 7) is 12.4. The molecule has 2 unspecified atom stereocenters. The molecule has 1 aliphatic heterocycles. The SMILES string of the molecule is CCCCCc1cc2c(c(O)c1C(=O)NC(C)CC)C=CC(C)(CCC=C(C)C)O2. The Labute approximate surface area is 182 Å². The summed E-state index contributed by atoms with van der Waals surface area (Å²) in [5, 5.41) is 14.1. The fraction of sp³-hybridized carbons (Fsp3) is 0.577. The highest BCUT2D eigenvalue weighted by Gasteiger charge is 2.31. The molecule has 0 spiro atoms. The summed E-state index contributed by atoms with van der Waals surface area (Å²) in [5.41, 5.74) is 2.73. The average molecular weight is 414 g/mol. The fourth-order valence-electron chi connectivity index (χ4n) is 3.70. The number of hydrogen-bond acceptors (Lipinski definition) is 3. The number of rotatable bonds is 10. The molecule has 166 valence electrons. The quantitative estimate of drug-likeness (QED) is 0.337. The zero-order valence-corrected chi connectivity index (χ0v) is 19.6. The third-order valence-corrected chi connectivity index (χ3v) is 5.79. The normalized spacial score (nSPS) is 18.3. The number of carbonyl (C=O) groups excluding carboxylic acids is 1. The van der Waals surface area contributed by atoms with Gasteiger partial charge in [0.05, 0.1) is 11.1 Å². The summed E-state index contributed by atoms with van der Waals surface area (Å²) in [6.07, 6.45) is 12.7. The van der Waals surface area contributed by atoms with Gasteiger partial charge in [0, 0.05) is 6.04 Å². The summed E-state index contributed by atoms with van der Waals surface area (Å²) in [5.74, 6) is 0.491. The number of phenols is 1. The molecule has 1 aliphatic rings. The third kappa shape index (κ3) is 6.13. The van der Waals surface area contributed by atoms with Crippen molar-refractivity contribution in [3.63, 3.8) is 0 Å². The Morgan fingerprint density at radius 3 is 2.67 bits per heavy atom. The largest absolute Gasteiger partial charge is 0.506 e. The predicted octanol–water partition coefficient (Wildman–Crippen LogP) is 6.56. The molecule has 4 nitrogen and oxygen atoms in total. The monoisotopic (exact) mass is 413 g/mol. The van der Waals surface area contributed by atoms with E-state index in [2.05, 4.69) is 39.1 Å². The zero-order chi connectivity index (χ0) is 22.3. The molecule has 0 aromatic heterocycles. The molecule has 0 fully saturated rings. The smallest absolute Gasteiger partial charge is 0.255 e. The van der Waals surface area contributed by atoms with E-state index in [1.165, 1.54) is 5.57 Å². The Balaban J connectivity index is 2.39. The number of allylic oxidation sites excluding steroid dienone is 2. The standard InChI is InChI=1S/C26H39NO3/c1-7-9-10-13-20-17-22-21(24(28)23(20)25(29)27-19(5)8-2)14-16-26(6,30-22)15-11-12-18(3)4/h12,14,16-17,19,28H,7-11,13,15H2,1-6H3,(H,27,29). The van der Waals surface area contributed by atoms with Crippen LogP contribution in [-0.2, 0) is 6.42 Å². The van der Waals surface area contributed by atoms with Crippen LogP contribution in [0.4, 0.5) is 0 Å². The van der Waals surface area contributed by atoms with Gasteiger partial charge < -0.3 is 15.2 Å². The molecular formula is C26H39NO3. The summed E-state index contributed by atoms with van der Waals surface area (Å²) in [4.78, 5) is 13.0. The molecular weight excluding hydrogens is 374 g/mol. The first-order chi connectivity index (χ1) is 14.2. The van der Waals surface area contributed by atoms with E-state index in [1.807, 2.05) is 32.1 Å². The number of unbranched alkanes of at least 4 members (excludes halogenated alkanes) is 2. The van der Waals surface area contributed by atoms with Gasteiger partial charge in [-0.05, 0) is 83.6 Å². The van der Waals surface area contributed by atoms with Crippen LogP contribution in [0, 0.1) is 0 Å². The molecule has 1 aromatic carbocycles. The Hall–Kier alpha value is -2.23. The molecule has 0 aliphatic carbocycles. The number of nitrogens with one attached hydrogen (secondary N) is 1. The lowest BCUT2D eigenvalue weighted by atomic mass is 9.90. The van der Waals surface area contributed by atoms with E-state index in [0.29, 0.717) is 16.9 Å². The van der Waals surface area contributed by atoms with Crippen LogP contribution in [-0.4, -0.2) is 22.7 Å². The van der Waals surface area contributed by atoms with Gasteiger partial charge in [0.25, 0.3) is 5.91 Å². The molecule has 2 N–H and O–H groups in total. The lowest BCUT2D eigenvalue weighted by molar-refractivity contribution is 0.0935. The minimum atomic E-state index is -0.424. The third-order valence-electron chi connectivity index (χ3n) is 5.79. The number of hydrogen-bond donors (Lipinski definition) is 2. The minimum absolute atomic E-state index is 0.0300. The van der Waals surface area contributed by atoms with Crippen LogP contribution in [0.5, 0.6) is 11.5 Å². The van der Waals surface area contributed by atoms with Crippen LogP contribution >= 0.6 is 0 Å². The van der Waals surface area contributed by atoms with E-state index in [1.54, 1.807) is 0 Å². The number of aromatic hydroxyl groups is 1. The van der Waals surface area contributed by atoms with E-state index >= 15 is 0 Å². The highest BCUT2D eigenvalue weighted by molar-refractivity contribution is 6.00. The summed E-state index contributed by atoms with van der Waals surface area (Å²) >= 11 is 0. The van der Waals surface area contributed by atoms with Crippen LogP contribution in [0.1, 0.15) is 102 Å². The van der Waals surface area contributed by atoms with Gasteiger partial charge in [0.2, 0.25) is 0 Å². The maximum absolute atomic E-state index is 13.0. The van der Waals surface area contributed by atoms with Crippen molar-refractivity contribution in [3.05, 3.63) is 40.5 Å². The van der Waals surface area contributed by atoms with Crippen LogP contribution in [0.25, 0.3) is 6.08 Å². The molecule has 0 saturated heterocycles. The first kappa shape index (κ1) is 24.0. The van der Waals surface area contributed by atoms with Crippen LogP contribution in [0.2, 0.25) is 0 Å². The molecule has 1 aromatic rings. The number of aryl methyl sites for hydroxylation is 1. The van der Waals surface area contributed by atoms with E-state index in [9.17, 15) is 9.90 Å². The molecule has 2 atom stereocenters. The highest BCUT2D eigenvalue weighted by Crippen LogP contribution is 2.42. The van der Waals surface area contributed by atoms with Gasteiger partial charge in [0.1, 0.15) is 17.1 Å². The topological polar surface area (TPSA) is 58.6 Å². The fourth-order valence-corrected chi connectivity index (χ4v) is 3.70. The molecule has 30 heavy (non-hydrogen) atoms. The van der Waals surface area contributed by atoms with Crippen molar-refractivity contribution in [1.29, 1.82) is 0 Å². The number of phenolic OH excluding ortho intramolecular Hbond substituents is 1. The number of benzene rings is 1. The van der Waals surface area contributed by atoms with Crippen LogP contribution in [0.15, 0.2) is 23.8 Å². The molecule has 0 bridgehead atoms. The second kappa shape index (κ2) is 10.7. The van der Waals surface area contributed by atoms with Gasteiger partial charge in [0.15, 0.2) is 0 Å². The first-order valence-corrected chi connectivity index (χ1v) is 11.4. The van der Waals surface area contributed by atoms with Gasteiger partial charge in [-0.2, -0.15) is 0 Å². The summed E-state index contributed by atoms with van der Waals surface area (Å²) in [6, 6.07) is 2.03. The van der Waals surface area contributed by atoms with Gasteiger partial charge >= 0.3 is 0 Å². The van der Waals surface area contributed by atoms with E-state index < -0.39 is 5.60 Å². The minimum Gasteiger partial charge on any atom is -0.506 e. The lowest BCUT2D eigenvalue weighted by Crippen LogP contribution is -2.34. The highest BCUT2D eigenvalue weighted by atomic mass is 16.5. The average Bonchev–Trinajstić information content (AvgIpc) is 2.67. The van der Waals surface area contributed by atoms with Gasteiger partial charge in [-0.1, -0.05) is 38.3 Å². The van der Waals surface area contributed by atoms with Gasteiger partial charge in [-0.25, -0.2) is 0 Å². The maximum Gasteiger partial charge on any atom is 0.255 e. The summed E-state index contributed by atoms with van der Waals surface area (Å²) < 4.78 is 6.36. The van der Waals surface area contributed by atoms with Crippen molar-refractivity contribution in [2.75, 3.05) is 0 Å². The van der Waals surface area contributed by atoms with Crippen molar-refractivity contribution in [1.82, 2.24) is 5.32 Å².